The van der Waals surface area contributed by atoms with Crippen molar-refractivity contribution in [3.63, 3.8) is 0 Å². The van der Waals surface area contributed by atoms with Gasteiger partial charge in [0.25, 0.3) is 11.8 Å². The number of Topliss-reactive ketones (excluding diaryl/α,β-unsaturated/α-hetero) is 2. The Kier molecular flexibility index (Phi) is 47.6. The minimum Gasteiger partial charge on any atom is -0.461 e. The first-order valence-corrected chi connectivity index (χ1v) is 93.1. The molecule has 0 aromatic rings. The van der Waals surface area contributed by atoms with Gasteiger partial charge < -0.3 is 29.9 Å². The van der Waals surface area contributed by atoms with E-state index in [-0.39, 0.29) is 195 Å². The maximum Gasteiger partial charge on any atom is 0.321 e. The van der Waals surface area contributed by atoms with E-state index >= 15 is 0 Å². The molecule has 7 fully saturated rings. The molecule has 4 bridgehead atoms. The molecule has 16 nitrogen and oxygen atoms in total. The topological polar surface area (TPSA) is 242 Å². The number of aliphatic hydroxyl groups is 4. The number of aliphatic hydroxyl groups excluding tert-OH is 2. The molecule has 0 radical (unpaired) electrons. The van der Waals surface area contributed by atoms with E-state index in [4.69, 9.17) is 45.5 Å². The minimum atomic E-state index is -1.90. The summed E-state index contributed by atoms with van der Waals surface area (Å²) in [5, 5.41) is 46.1. The van der Waals surface area contributed by atoms with E-state index < -0.39 is 92.6 Å². The third-order valence-corrected chi connectivity index (χ3v) is 214. The lowest BCUT2D eigenvalue weighted by Crippen LogP contribution is -2.69. The summed E-state index contributed by atoms with van der Waals surface area (Å²) in [5.41, 5.74) is -5.86. The molecule has 6 saturated carbocycles. The van der Waals surface area contributed by atoms with Gasteiger partial charge in [-0.25, -0.2) is 0 Å². The summed E-state index contributed by atoms with van der Waals surface area (Å²) in [6, 6.07) is 0. The summed E-state index contributed by atoms with van der Waals surface area (Å²) in [7, 11) is 58.1. The van der Waals surface area contributed by atoms with Crippen molar-refractivity contribution in [3.05, 3.63) is 48.6 Å². The molecule has 0 aromatic heterocycles. The van der Waals surface area contributed by atoms with Gasteiger partial charge in [-0.2, -0.15) is 0 Å². The Morgan fingerprint density at radius 1 is 0.606 bits per heavy atom. The number of terminal acetylenes is 2. The predicted octanol–water partition coefficient (Wildman–Crippen LogP) is 23.3. The van der Waals surface area contributed by atoms with Gasteiger partial charge in [0.05, 0.1) is 24.9 Å². The molecule has 51 heteroatoms. The molecule has 39 atom stereocenters. The quantitative estimate of drug-likeness (QED) is 0.0150. The SMILES string of the molecule is C#CCN1C(=O)C2CC=C([C@@H]3C[C@@H](OC(=O)CCl)[C@]4(C)[C@H](C)CC[C@]5(C[C@H](O)C(=O)[C@]54O)[C@H]3C)CC2C1=O.C#CCN1C(=O)C=CC1=O.C=CC(=C)[C@@H]1C[C@@H](OC(=O)CCl)[C@]2(C)[C@H](C)CC[C@]3(C[C@H](O)C(=O)[C@]32O)[C@H]1C.PP(P)P.PPP(P(P)P)P(P(P(P)P)P(P)P)P(P(P(P)P)P(P)P)P(P(P)P)P(P)P. The molecular formula is C58H109Cl2N2O14P33. The molecule has 9 aliphatic rings. The molecule has 2 heterocycles. The standard InChI is InChI=1S/C29H36ClNO7.C22H31ClO5.C7H5NO2.H31P29.H6P4/c1-5-10-31-25(35)18-7-6-17(11-20(18)26(31)36)19-12-22(38-23(33)14-30)27(4)15(2)8-9-28(16(19)3)13-21(32)24(34)29(27,28)37;1-6-12(2)15-9-17(28-18(25)11-23)20(5)13(3)7-8-21(14(15)4)10-16(24)19(26)22(20,21)27;1-2-5-8-6(9)3-4-7(8)10;1-16-24(17(2)3)28(25(18(4)5)19(6)7)29(26(20(8)9)21(10)11)27(22(12)13)23(14)15;1-4(2)3/h1,6,15-16,18-22,32,37H,7-14H2,2-4H3;6,13-17,24,27H,1-2,7-11H2,3-5H3;1,3-4H,5H2;16H,1-15H2;1-3H2/t15-,16+,18?,19-,20?,21+,22-,27+,28+,29-;13-,14+,15+,16+,17-,20+,21+,22-;;;/m11.../s1. The highest BCUT2D eigenvalue weighted by molar-refractivity contribution is 9.43. The average Bonchev–Trinajstić information content (AvgIpc) is 1.52. The smallest absolute Gasteiger partial charge is 0.321 e. The number of rotatable bonds is 22. The zero-order valence-corrected chi connectivity index (χ0v) is 97.2. The van der Waals surface area contributed by atoms with Gasteiger partial charge in [0.2, 0.25) is 11.8 Å². The number of ketones is 2. The fourth-order valence-corrected chi connectivity index (χ4v) is 396. The summed E-state index contributed by atoms with van der Waals surface area (Å²) >= 11 is 11.5. The molecule has 4 amide bonds. The Hall–Kier alpha value is 9.25. The third kappa shape index (κ3) is 23.2. The molecule has 109 heavy (non-hydrogen) atoms. The van der Waals surface area contributed by atoms with Crippen LogP contribution in [0.15, 0.2) is 48.6 Å². The van der Waals surface area contributed by atoms with Crippen LogP contribution in [0.25, 0.3) is 0 Å². The maximum absolute atomic E-state index is 13.6. The molecule has 0 spiro atoms. The molecule has 23 unspecified atom stereocenters. The second-order valence-electron chi connectivity index (χ2n) is 28.2. The zero-order valence-electron chi connectivity index (χ0n) is 61.4. The lowest BCUT2D eigenvalue weighted by Gasteiger charge is -2.60. The Bertz CT molecular complexity index is 3430. The van der Waals surface area contributed by atoms with E-state index in [9.17, 15) is 58.8 Å². The first-order valence-electron chi connectivity index (χ1n) is 33.6. The number of ether oxygens (including phenoxy) is 2. The summed E-state index contributed by atoms with van der Waals surface area (Å²) in [6.07, 6.45) is 16.8. The van der Waals surface area contributed by atoms with Crippen LogP contribution in [-0.4, -0.2) is 138 Å². The van der Waals surface area contributed by atoms with Crippen LogP contribution in [0.3, 0.4) is 0 Å². The normalized spacial score (nSPS) is 34.5. The molecule has 0 aromatic carbocycles. The van der Waals surface area contributed by atoms with Gasteiger partial charge in [0.1, 0.15) is 47.4 Å². The van der Waals surface area contributed by atoms with Gasteiger partial charge >= 0.3 is 11.9 Å². The lowest BCUT2D eigenvalue weighted by molar-refractivity contribution is -0.234. The third-order valence-electron chi connectivity index (χ3n) is 23.3. The summed E-state index contributed by atoms with van der Waals surface area (Å²) in [4.78, 5) is 101. The monoisotopic (exact) mass is 2150 g/mol. The van der Waals surface area contributed by atoms with Crippen LogP contribution < -0.4 is 0 Å². The summed E-state index contributed by atoms with van der Waals surface area (Å²) in [6.45, 7) is 19.9. The van der Waals surface area contributed by atoms with E-state index in [1.165, 1.54) is 12.2 Å². The van der Waals surface area contributed by atoms with Crippen molar-refractivity contribution < 1.29 is 68.3 Å². The van der Waals surface area contributed by atoms with Crippen molar-refractivity contribution in [2.45, 2.75) is 141 Å². The van der Waals surface area contributed by atoms with Crippen molar-refractivity contribution in [1.82, 2.24) is 9.80 Å². The number of nitrogens with zero attached hydrogens (tertiary/aromatic N) is 2. The average molecular weight is 2150 g/mol. The van der Waals surface area contributed by atoms with E-state index in [0.29, 0.717) is 44.9 Å². The van der Waals surface area contributed by atoms with Crippen molar-refractivity contribution >= 4 is 337 Å². The minimum absolute atomic E-state index is 0.0147. The highest BCUT2D eigenvalue weighted by Gasteiger charge is 2.80. The number of carbonyl (C=O) groups is 8. The van der Waals surface area contributed by atoms with Gasteiger partial charge in [-0.1, -0.05) is 97.8 Å². The number of carbonyl (C=O) groups excluding carboxylic acids is 8. The Morgan fingerprint density at radius 2 is 0.982 bits per heavy atom. The second kappa shape index (κ2) is 47.7. The largest absolute Gasteiger partial charge is 0.461 e. The molecule has 9 rings (SSSR count). The molecule has 7 aliphatic carbocycles. The van der Waals surface area contributed by atoms with Crippen molar-refractivity contribution in [2.75, 3.05) is 24.8 Å². The number of amides is 4. The number of hydrogen-bond donors (Lipinski definition) is 4. The van der Waals surface area contributed by atoms with E-state index in [0.717, 1.165) is 35.3 Å². The number of esters is 2. The maximum atomic E-state index is 13.6. The van der Waals surface area contributed by atoms with Gasteiger partial charge in [-0.15, -0.1) is 197 Å². The van der Waals surface area contributed by atoms with Crippen LogP contribution in [0.1, 0.15) is 106 Å². The van der Waals surface area contributed by atoms with E-state index in [1.54, 1.807) is 6.08 Å². The second-order valence-corrected chi connectivity index (χ2v) is 155. The molecule has 2 aliphatic heterocycles. The molecule has 4 N–H and O–H groups in total. The highest BCUT2D eigenvalue weighted by Crippen LogP contribution is 3.37. The van der Waals surface area contributed by atoms with Crippen LogP contribution in [-0.2, 0) is 47.8 Å². The van der Waals surface area contributed by atoms with E-state index in [1.807, 2.05) is 47.6 Å². The Labute approximate surface area is 716 Å². The number of hydrogen-bond acceptors (Lipinski definition) is 14. The lowest BCUT2D eigenvalue weighted by atomic mass is 9.46. The number of alkyl halides is 2. The fourth-order valence-electron chi connectivity index (χ4n) is 17.9. The zero-order chi connectivity index (χ0) is 83.2. The van der Waals surface area contributed by atoms with Crippen molar-refractivity contribution in [2.24, 2.45) is 69.0 Å². The number of imide groups is 2. The highest BCUT2D eigenvalue weighted by atomic mass is 35.5. The number of halogens is 2. The van der Waals surface area contributed by atoms with Gasteiger partial charge in [0.15, 0.2) is 11.6 Å². The molecular weight excluding hydrogens is 2040 g/mol. The van der Waals surface area contributed by atoms with E-state index in [2.05, 4.69) is 186 Å². The number of fused-ring (bicyclic) bond motifs is 1. The summed E-state index contributed by atoms with van der Waals surface area (Å²) < 4.78 is 11.7. The predicted molar refractivity (Wildman–Crippen MR) is 559 cm³/mol. The summed E-state index contributed by atoms with van der Waals surface area (Å²) in [5.74, 6) is -1.63. The Balaban J connectivity index is 0.000000271. The first kappa shape index (κ1) is 109. The van der Waals surface area contributed by atoms with Gasteiger partial charge in [0, 0.05) is 33.8 Å². The van der Waals surface area contributed by atoms with Crippen LogP contribution >= 0.6 is 290 Å². The first-order chi connectivity index (χ1) is 50.6. The fraction of sp³-hybridized carbons (Fsp3) is 0.655. The van der Waals surface area contributed by atoms with Gasteiger partial charge in [-0.05, 0) is 198 Å². The van der Waals surface area contributed by atoms with Crippen LogP contribution in [0, 0.1) is 93.7 Å². The van der Waals surface area contributed by atoms with Crippen LogP contribution in [0.5, 0.6) is 0 Å². The van der Waals surface area contributed by atoms with Crippen molar-refractivity contribution in [3.8, 4) is 24.7 Å². The molecule has 1 saturated heterocycles. The molecule has 614 valence electrons. The van der Waals surface area contributed by atoms with Gasteiger partial charge in [-0.3, -0.25) is 48.2 Å². The van der Waals surface area contributed by atoms with Crippen molar-refractivity contribution in [1.29, 1.82) is 0 Å². The Morgan fingerprint density at radius 3 is 1.35 bits per heavy atom. The number of likely N-dealkylation sites (tertiary alicyclic amines) is 1. The van der Waals surface area contributed by atoms with Crippen LogP contribution in [0.4, 0.5) is 0 Å². The van der Waals surface area contributed by atoms with Crippen LogP contribution in [0.2, 0.25) is 0 Å². The number of allylic oxidation sites excluding steroid dienone is 4.